The van der Waals surface area contributed by atoms with E-state index in [1.165, 1.54) is 40.7 Å². The van der Waals surface area contributed by atoms with Gasteiger partial charge in [0.1, 0.15) is 0 Å². The van der Waals surface area contributed by atoms with Crippen molar-refractivity contribution in [2.24, 2.45) is 15.7 Å². The summed E-state index contributed by atoms with van der Waals surface area (Å²) in [4.78, 5) is 9.20. The molecule has 5 aromatic carbocycles. The van der Waals surface area contributed by atoms with Gasteiger partial charge >= 0.3 is 218 Å². The first kappa shape index (κ1) is 35.6. The molecule has 0 amide bonds. The number of ether oxygens (including phenoxy) is 1. The monoisotopic (exact) mass is 795 g/mol. The SMILES string of the molecule is NC1=NC(c2ccc(OCCCCCCCP(I)(c3ccccc3)(c3ccccc3)c3ccccc3)cc2)NC(=NCCc2ccccc2)N1. The first-order valence-electron chi connectivity index (χ1n) is 17.6. The minimum absolute atomic E-state index is 0.297. The van der Waals surface area contributed by atoms with Crippen LogP contribution in [0.5, 0.6) is 5.75 Å². The molecule has 258 valence electrons. The van der Waals surface area contributed by atoms with Crippen LogP contribution in [0.1, 0.15) is 49.4 Å². The zero-order chi connectivity index (χ0) is 34.5. The van der Waals surface area contributed by atoms with Gasteiger partial charge in [0.25, 0.3) is 0 Å². The molecule has 0 radical (unpaired) electrons. The normalized spacial score (nSPS) is 16.0. The topological polar surface area (TPSA) is 84.0 Å². The Kier molecular flexibility index (Phi) is 12.2. The number of nitrogens with two attached hydrogens (primary N) is 1. The number of halogens is 1. The third-order valence-electron chi connectivity index (χ3n) is 9.37. The molecule has 4 N–H and O–H groups in total. The molecular formula is C42H47IN5OP. The van der Waals surface area contributed by atoms with Crippen molar-refractivity contribution in [2.75, 3.05) is 19.3 Å². The van der Waals surface area contributed by atoms with Crippen LogP contribution in [0.3, 0.4) is 0 Å². The molecule has 0 saturated heterocycles. The van der Waals surface area contributed by atoms with E-state index in [0.29, 0.717) is 25.1 Å². The number of nitrogens with one attached hydrogen (secondary N) is 2. The molecule has 0 spiro atoms. The zero-order valence-corrected chi connectivity index (χ0v) is 31.6. The Hall–Kier alpha value is -4.20. The van der Waals surface area contributed by atoms with Gasteiger partial charge in [-0.05, 0) is 12.0 Å². The summed E-state index contributed by atoms with van der Waals surface area (Å²) >= 11 is 2.90. The van der Waals surface area contributed by atoms with Gasteiger partial charge in [-0.1, -0.05) is 30.3 Å². The van der Waals surface area contributed by atoms with E-state index >= 15 is 0 Å². The van der Waals surface area contributed by atoms with Crippen molar-refractivity contribution in [1.29, 1.82) is 0 Å². The molecule has 1 unspecified atom stereocenters. The molecule has 8 heteroatoms. The minimum Gasteiger partial charge on any atom is -0.330 e. The maximum atomic E-state index is 6.12. The van der Waals surface area contributed by atoms with Gasteiger partial charge in [-0.25, -0.2) is 4.99 Å². The standard InChI is InChI=1S/C42H47IN5OP/c43-50(37-20-10-5-11-21-37,38-22-12-6-13-23-38,39-24-14-7-15-25-39)33-17-3-1-2-16-32-49-36-28-26-35(27-29-36)40-46-41(44)48-42(47-40)45-31-30-34-18-8-4-9-19-34/h4-15,18-29,40H,1-3,16-17,30-33H2,(H4,44,45,46,47,48). The Labute approximate surface area is 310 Å². The van der Waals surface area contributed by atoms with Crippen LogP contribution in [0.25, 0.3) is 0 Å². The van der Waals surface area contributed by atoms with Gasteiger partial charge < -0.3 is 11.1 Å². The fourth-order valence-electron chi connectivity index (χ4n) is 6.70. The smallest absolute Gasteiger partial charge is 0.200 e. The Morgan fingerprint density at radius 3 is 1.76 bits per heavy atom. The summed E-state index contributed by atoms with van der Waals surface area (Å²) in [5, 5.41) is 10.8. The number of hydrogen-bond donors (Lipinski definition) is 3. The fourth-order valence-corrected chi connectivity index (χ4v) is 15.5. The summed E-state index contributed by atoms with van der Waals surface area (Å²) in [7, 11) is 0. The number of guanidine groups is 2. The van der Waals surface area contributed by atoms with Crippen molar-refractivity contribution < 1.29 is 4.74 Å². The summed E-state index contributed by atoms with van der Waals surface area (Å²) in [6, 6.07) is 52.1. The van der Waals surface area contributed by atoms with Crippen molar-refractivity contribution in [1.82, 2.24) is 10.6 Å². The predicted molar refractivity (Wildman–Crippen MR) is 222 cm³/mol. The second-order valence-electron chi connectivity index (χ2n) is 12.8. The van der Waals surface area contributed by atoms with E-state index in [9.17, 15) is 0 Å². The first-order chi connectivity index (χ1) is 24.5. The maximum absolute atomic E-state index is 6.12. The Bertz CT molecular complexity index is 1740. The molecule has 1 atom stereocenters. The van der Waals surface area contributed by atoms with Gasteiger partial charge in [0.05, 0.1) is 0 Å². The molecule has 0 aliphatic carbocycles. The Morgan fingerprint density at radius 1 is 0.660 bits per heavy atom. The zero-order valence-electron chi connectivity index (χ0n) is 28.5. The van der Waals surface area contributed by atoms with Crippen molar-refractivity contribution in [3.8, 4) is 5.75 Å². The summed E-state index contributed by atoms with van der Waals surface area (Å²) < 4.78 is 3.44. The van der Waals surface area contributed by atoms with Gasteiger partial charge in [0, 0.05) is 6.54 Å². The molecule has 6 rings (SSSR count). The van der Waals surface area contributed by atoms with Crippen LogP contribution in [0.2, 0.25) is 0 Å². The summed E-state index contributed by atoms with van der Waals surface area (Å²) in [5.74, 6) is 1.86. The van der Waals surface area contributed by atoms with Gasteiger partial charge in [0.2, 0.25) is 0 Å². The van der Waals surface area contributed by atoms with Gasteiger partial charge in [0.15, 0.2) is 18.1 Å². The number of rotatable bonds is 16. The molecule has 1 heterocycles. The molecular weight excluding hydrogens is 748 g/mol. The molecule has 0 fully saturated rings. The average molecular weight is 796 g/mol. The third kappa shape index (κ3) is 8.56. The summed E-state index contributed by atoms with van der Waals surface area (Å²) in [5.41, 5.74) is 8.35. The molecule has 5 aromatic rings. The predicted octanol–water partition coefficient (Wildman–Crippen LogP) is 8.00. The van der Waals surface area contributed by atoms with E-state index in [2.05, 4.69) is 146 Å². The van der Waals surface area contributed by atoms with Crippen LogP contribution in [0.4, 0.5) is 0 Å². The molecule has 6 nitrogen and oxygen atoms in total. The Balaban J connectivity index is 0.979. The van der Waals surface area contributed by atoms with Crippen LogP contribution in [0.15, 0.2) is 156 Å². The number of nitrogens with zero attached hydrogens (tertiary/aromatic N) is 2. The molecule has 1 aliphatic heterocycles. The second kappa shape index (κ2) is 17.1. The van der Waals surface area contributed by atoms with Crippen LogP contribution in [0, 0.1) is 0 Å². The van der Waals surface area contributed by atoms with Crippen LogP contribution in [-0.4, -0.2) is 31.2 Å². The van der Waals surface area contributed by atoms with Crippen molar-refractivity contribution in [3.63, 3.8) is 0 Å². The largest absolute Gasteiger partial charge is 0.330 e. The molecule has 0 aromatic heterocycles. The number of benzene rings is 5. The van der Waals surface area contributed by atoms with Crippen LogP contribution >= 0.6 is 26.3 Å². The molecule has 0 bridgehead atoms. The van der Waals surface area contributed by atoms with Crippen molar-refractivity contribution in [2.45, 2.75) is 44.7 Å². The van der Waals surface area contributed by atoms with Crippen molar-refractivity contribution in [3.05, 3.63) is 157 Å². The number of hydrogen-bond acceptors (Lipinski definition) is 4. The Morgan fingerprint density at radius 2 is 1.18 bits per heavy atom. The van der Waals surface area contributed by atoms with Crippen LogP contribution in [-0.2, 0) is 6.42 Å². The molecule has 0 saturated carbocycles. The van der Waals surface area contributed by atoms with E-state index in [0.717, 1.165) is 36.7 Å². The maximum Gasteiger partial charge on any atom is 0.200 e. The van der Waals surface area contributed by atoms with Gasteiger partial charge in [-0.2, -0.15) is 0 Å². The second-order valence-corrected chi connectivity index (χ2v) is 23.5. The number of unbranched alkanes of at least 4 members (excludes halogenated alkanes) is 4. The average Bonchev–Trinajstić information content (AvgIpc) is 3.17. The van der Waals surface area contributed by atoms with E-state index < -0.39 is 4.25 Å². The molecule has 1 aliphatic rings. The van der Waals surface area contributed by atoms with Crippen LogP contribution < -0.4 is 37.0 Å². The van der Waals surface area contributed by atoms with Gasteiger partial charge in [-0.3, -0.25) is 10.3 Å². The minimum atomic E-state index is -2.69. The quantitative estimate of drug-likeness (QED) is 0.0538. The first-order valence-corrected chi connectivity index (χ1v) is 22.8. The van der Waals surface area contributed by atoms with E-state index in [1.807, 2.05) is 42.5 Å². The summed E-state index contributed by atoms with van der Waals surface area (Å²) in [6.07, 6.45) is 7.47. The number of aliphatic imine (C=N–C) groups is 2. The summed E-state index contributed by atoms with van der Waals surface area (Å²) in [6.45, 7) is 1.36. The van der Waals surface area contributed by atoms with E-state index in [1.54, 1.807) is 0 Å². The molecule has 50 heavy (non-hydrogen) atoms. The van der Waals surface area contributed by atoms with E-state index in [4.69, 9.17) is 10.5 Å². The van der Waals surface area contributed by atoms with E-state index in [-0.39, 0.29) is 6.17 Å². The van der Waals surface area contributed by atoms with Gasteiger partial charge in [-0.15, -0.1) is 0 Å². The third-order valence-corrected chi connectivity index (χ3v) is 21.1. The van der Waals surface area contributed by atoms with Crippen molar-refractivity contribution >= 4 is 54.1 Å². The fraction of sp³-hybridized carbons (Fsp3) is 0.238.